The Morgan fingerprint density at radius 1 is 0.857 bits per heavy atom. The van der Waals surface area contributed by atoms with E-state index >= 15 is 0 Å². The van der Waals surface area contributed by atoms with Crippen LogP contribution in [-0.2, 0) is 4.84 Å². The van der Waals surface area contributed by atoms with Gasteiger partial charge >= 0.3 is 0 Å². The molecule has 0 radical (unpaired) electrons. The van der Waals surface area contributed by atoms with Crippen LogP contribution in [0.15, 0.2) is 0 Å². The summed E-state index contributed by atoms with van der Waals surface area (Å²) in [4.78, 5) is 5.34. The van der Waals surface area contributed by atoms with Crippen molar-refractivity contribution in [1.29, 1.82) is 0 Å². The third-order valence-corrected chi connectivity index (χ3v) is 4.19. The lowest BCUT2D eigenvalue weighted by molar-refractivity contribution is -1.09. The molecule has 1 N–H and O–H groups in total. The highest BCUT2D eigenvalue weighted by molar-refractivity contribution is 4.75. The molecule has 14 heavy (non-hydrogen) atoms. The van der Waals surface area contributed by atoms with E-state index in [2.05, 4.69) is 0 Å². The summed E-state index contributed by atoms with van der Waals surface area (Å²) >= 11 is 0. The van der Waals surface area contributed by atoms with Crippen molar-refractivity contribution >= 4 is 0 Å². The maximum Gasteiger partial charge on any atom is 0.107 e. The van der Waals surface area contributed by atoms with Gasteiger partial charge in [0.05, 0.1) is 7.11 Å². The average Bonchev–Trinajstić information content (AvgIpc) is 2.30. The van der Waals surface area contributed by atoms with E-state index in [4.69, 9.17) is 4.84 Å². The van der Waals surface area contributed by atoms with Crippen molar-refractivity contribution in [2.75, 3.05) is 20.2 Å². The molecule has 0 aromatic heterocycles. The van der Waals surface area contributed by atoms with Crippen molar-refractivity contribution in [2.45, 2.75) is 44.9 Å². The zero-order chi connectivity index (χ0) is 9.80. The zero-order valence-corrected chi connectivity index (χ0v) is 9.43. The first-order valence-electron chi connectivity index (χ1n) is 6.29. The van der Waals surface area contributed by atoms with Crippen molar-refractivity contribution in [2.24, 2.45) is 11.8 Å². The second kappa shape index (κ2) is 5.13. The molecule has 2 aliphatic rings. The van der Waals surface area contributed by atoms with E-state index < -0.39 is 0 Å². The quantitative estimate of drug-likeness (QED) is 0.708. The predicted octanol–water partition coefficient (Wildman–Crippen LogP) is 1.42. The van der Waals surface area contributed by atoms with E-state index in [1.807, 2.05) is 7.11 Å². The van der Waals surface area contributed by atoms with Crippen molar-refractivity contribution in [3.63, 3.8) is 0 Å². The van der Waals surface area contributed by atoms with Crippen molar-refractivity contribution in [3.8, 4) is 0 Å². The summed E-state index contributed by atoms with van der Waals surface area (Å²) < 4.78 is 0. The van der Waals surface area contributed by atoms with Gasteiger partial charge in [0.25, 0.3) is 0 Å². The molecule has 0 bridgehead atoms. The van der Waals surface area contributed by atoms with Crippen LogP contribution in [-0.4, -0.2) is 20.2 Å². The lowest BCUT2D eigenvalue weighted by atomic mass is 9.76. The lowest BCUT2D eigenvalue weighted by Crippen LogP contribution is -3.11. The maximum atomic E-state index is 5.34. The SMILES string of the molecule is CO[NH+]1CCC(C2CCCCC2)CC1. The van der Waals surface area contributed by atoms with Gasteiger partial charge in [0, 0.05) is 12.8 Å². The van der Waals surface area contributed by atoms with Crippen LogP contribution in [0.3, 0.4) is 0 Å². The topological polar surface area (TPSA) is 13.7 Å². The Morgan fingerprint density at radius 2 is 1.43 bits per heavy atom. The van der Waals surface area contributed by atoms with Gasteiger partial charge in [-0.25, -0.2) is 4.84 Å². The molecule has 82 valence electrons. The Bertz CT molecular complexity index is 158. The van der Waals surface area contributed by atoms with Gasteiger partial charge in [-0.3, -0.25) is 0 Å². The normalized spacial score (nSPS) is 35.8. The molecule has 2 fully saturated rings. The first-order valence-corrected chi connectivity index (χ1v) is 6.29. The van der Waals surface area contributed by atoms with Gasteiger partial charge in [-0.15, -0.1) is 0 Å². The van der Waals surface area contributed by atoms with Crippen LogP contribution >= 0.6 is 0 Å². The van der Waals surface area contributed by atoms with Crippen molar-refractivity contribution < 1.29 is 9.90 Å². The summed E-state index contributed by atoms with van der Waals surface area (Å²) in [5.41, 5.74) is 0. The van der Waals surface area contributed by atoms with Crippen LogP contribution in [0.4, 0.5) is 0 Å². The highest BCUT2D eigenvalue weighted by Gasteiger charge is 2.29. The highest BCUT2D eigenvalue weighted by atomic mass is 16.7. The van der Waals surface area contributed by atoms with Gasteiger partial charge in [-0.05, 0) is 11.8 Å². The number of hydroxylamine groups is 2. The monoisotopic (exact) mass is 198 g/mol. The fraction of sp³-hybridized carbons (Fsp3) is 1.00. The van der Waals surface area contributed by atoms with E-state index in [1.165, 1.54) is 63.1 Å². The Balaban J connectivity index is 1.76. The van der Waals surface area contributed by atoms with Gasteiger partial charge in [-0.2, -0.15) is 5.06 Å². The first-order chi connectivity index (χ1) is 6.90. The number of quaternary nitrogens is 1. The predicted molar refractivity (Wildman–Crippen MR) is 57.0 cm³/mol. The summed E-state index contributed by atoms with van der Waals surface area (Å²) in [6.45, 7) is 2.47. The van der Waals surface area contributed by atoms with Crippen molar-refractivity contribution in [1.82, 2.24) is 0 Å². The number of rotatable bonds is 2. The largest absolute Gasteiger partial charge is 0.208 e. The van der Waals surface area contributed by atoms with E-state index in [0.717, 1.165) is 11.8 Å². The first kappa shape index (κ1) is 10.4. The van der Waals surface area contributed by atoms with Crippen LogP contribution in [0.1, 0.15) is 44.9 Å². The lowest BCUT2D eigenvalue weighted by Gasteiger charge is -2.34. The minimum Gasteiger partial charge on any atom is -0.208 e. The second-order valence-electron chi connectivity index (χ2n) is 4.98. The summed E-state index contributed by atoms with van der Waals surface area (Å²) in [6, 6.07) is 0. The molecule has 0 aromatic carbocycles. The molecule has 0 unspecified atom stereocenters. The Labute approximate surface area is 87.6 Å². The molecule has 0 spiro atoms. The second-order valence-corrected chi connectivity index (χ2v) is 4.98. The fourth-order valence-electron chi connectivity index (χ4n) is 3.24. The van der Waals surface area contributed by atoms with Gasteiger partial charge in [-0.1, -0.05) is 32.1 Å². The zero-order valence-electron chi connectivity index (χ0n) is 9.43. The minimum atomic E-state index is 1.02. The molecular weight excluding hydrogens is 174 g/mol. The van der Waals surface area contributed by atoms with Crippen LogP contribution in [0.5, 0.6) is 0 Å². The number of hydrogen-bond acceptors (Lipinski definition) is 1. The van der Waals surface area contributed by atoms with E-state index in [0.29, 0.717) is 0 Å². The van der Waals surface area contributed by atoms with Crippen LogP contribution in [0.2, 0.25) is 0 Å². The van der Waals surface area contributed by atoms with Crippen LogP contribution in [0, 0.1) is 11.8 Å². The van der Waals surface area contributed by atoms with Gasteiger partial charge in [0.1, 0.15) is 13.1 Å². The summed E-state index contributed by atoms with van der Waals surface area (Å²) in [7, 11) is 1.83. The molecule has 0 atom stereocenters. The molecule has 1 heterocycles. The fourth-order valence-corrected chi connectivity index (χ4v) is 3.24. The Morgan fingerprint density at radius 3 is 2.00 bits per heavy atom. The average molecular weight is 198 g/mol. The third-order valence-electron chi connectivity index (χ3n) is 4.19. The number of piperidine rings is 1. The standard InChI is InChI=1S/C12H23NO/c1-14-13-9-7-12(8-10-13)11-5-3-2-4-6-11/h11-12H,2-10H2,1H3/p+1. The molecule has 0 aromatic rings. The summed E-state index contributed by atoms with van der Waals surface area (Å²) in [5, 5.41) is 1.34. The van der Waals surface area contributed by atoms with Gasteiger partial charge < -0.3 is 0 Å². The van der Waals surface area contributed by atoms with Crippen LogP contribution < -0.4 is 5.06 Å². The Hall–Kier alpha value is -0.0800. The molecule has 2 heteroatoms. The molecule has 1 saturated carbocycles. The molecule has 1 saturated heterocycles. The molecule has 1 aliphatic carbocycles. The van der Waals surface area contributed by atoms with Crippen LogP contribution in [0.25, 0.3) is 0 Å². The molecule has 2 rings (SSSR count). The molecule has 1 aliphatic heterocycles. The van der Waals surface area contributed by atoms with Gasteiger partial charge in [0.15, 0.2) is 0 Å². The molecular formula is C12H24NO+. The van der Waals surface area contributed by atoms with E-state index in [1.54, 1.807) is 0 Å². The summed E-state index contributed by atoms with van der Waals surface area (Å²) in [6.07, 6.45) is 10.3. The summed E-state index contributed by atoms with van der Waals surface area (Å²) in [5.74, 6) is 2.08. The molecule has 0 amide bonds. The Kier molecular flexibility index (Phi) is 3.82. The highest BCUT2D eigenvalue weighted by Crippen LogP contribution is 2.33. The van der Waals surface area contributed by atoms with Gasteiger partial charge in [0.2, 0.25) is 0 Å². The minimum absolute atomic E-state index is 1.02. The van der Waals surface area contributed by atoms with E-state index in [9.17, 15) is 0 Å². The van der Waals surface area contributed by atoms with Crippen molar-refractivity contribution in [3.05, 3.63) is 0 Å². The third kappa shape index (κ3) is 2.48. The van der Waals surface area contributed by atoms with E-state index in [-0.39, 0.29) is 0 Å². The molecule has 2 nitrogen and oxygen atoms in total. The maximum absolute atomic E-state index is 5.34. The smallest absolute Gasteiger partial charge is 0.107 e. The number of nitrogens with one attached hydrogen (secondary N) is 1. The number of hydrogen-bond donors (Lipinski definition) is 1.